The van der Waals surface area contributed by atoms with Gasteiger partial charge in [0.15, 0.2) is 0 Å². The molecule has 1 aliphatic rings. The summed E-state index contributed by atoms with van der Waals surface area (Å²) in [4.78, 5) is 10.5. The number of carboxylic acids is 1. The van der Waals surface area contributed by atoms with Crippen LogP contribution in [-0.4, -0.2) is 23.3 Å². The van der Waals surface area contributed by atoms with Crippen molar-refractivity contribution in [2.24, 2.45) is 11.7 Å². The maximum Gasteiger partial charge on any atom is 0.326 e. The van der Waals surface area contributed by atoms with Gasteiger partial charge in [-0.15, -0.1) is 0 Å². The lowest BCUT2D eigenvalue weighted by Crippen LogP contribution is -2.58. The standard InChI is InChI=1S/C7H12FNO2/c8-4-7(9,6(10)11)5-2-1-3-5/h5H,1-4,9H2,(H,10,11). The lowest BCUT2D eigenvalue weighted by atomic mass is 9.72. The normalized spacial score (nSPS) is 23.8. The Bertz CT molecular complexity index is 170. The molecule has 0 aromatic carbocycles. The number of hydrogen-bond donors (Lipinski definition) is 2. The second kappa shape index (κ2) is 2.77. The molecule has 1 atom stereocenters. The molecule has 1 fully saturated rings. The minimum atomic E-state index is -1.61. The quantitative estimate of drug-likeness (QED) is 0.635. The highest BCUT2D eigenvalue weighted by molar-refractivity contribution is 5.79. The van der Waals surface area contributed by atoms with E-state index in [1.54, 1.807) is 0 Å². The molecule has 1 unspecified atom stereocenters. The van der Waals surface area contributed by atoms with E-state index in [1.165, 1.54) is 0 Å². The molecule has 0 spiro atoms. The maximum absolute atomic E-state index is 12.3. The van der Waals surface area contributed by atoms with Gasteiger partial charge in [0.1, 0.15) is 12.2 Å². The molecule has 0 saturated heterocycles. The largest absolute Gasteiger partial charge is 0.480 e. The van der Waals surface area contributed by atoms with E-state index >= 15 is 0 Å². The van der Waals surface area contributed by atoms with Crippen molar-refractivity contribution in [3.05, 3.63) is 0 Å². The summed E-state index contributed by atoms with van der Waals surface area (Å²) in [5, 5.41) is 8.60. The fraction of sp³-hybridized carbons (Fsp3) is 0.857. The molecule has 0 bridgehead atoms. The summed E-state index contributed by atoms with van der Waals surface area (Å²) in [5.74, 6) is -1.38. The molecule has 0 aromatic heterocycles. The molecule has 0 heterocycles. The van der Waals surface area contributed by atoms with Crippen molar-refractivity contribution in [2.75, 3.05) is 6.67 Å². The van der Waals surface area contributed by atoms with Gasteiger partial charge in [-0.1, -0.05) is 6.42 Å². The highest BCUT2D eigenvalue weighted by Crippen LogP contribution is 2.35. The van der Waals surface area contributed by atoms with Crippen molar-refractivity contribution in [1.29, 1.82) is 0 Å². The van der Waals surface area contributed by atoms with Crippen molar-refractivity contribution >= 4 is 5.97 Å². The van der Waals surface area contributed by atoms with Gasteiger partial charge in [-0.05, 0) is 18.8 Å². The molecule has 0 aromatic rings. The smallest absolute Gasteiger partial charge is 0.326 e. The first-order valence-electron chi connectivity index (χ1n) is 3.69. The van der Waals surface area contributed by atoms with Crippen LogP contribution >= 0.6 is 0 Å². The number of halogens is 1. The number of alkyl halides is 1. The molecule has 64 valence electrons. The summed E-state index contributed by atoms with van der Waals surface area (Å²) in [6.07, 6.45) is 2.45. The van der Waals surface area contributed by atoms with E-state index in [1.807, 2.05) is 0 Å². The summed E-state index contributed by atoms with van der Waals surface area (Å²) >= 11 is 0. The van der Waals surface area contributed by atoms with Crippen LogP contribution in [0.25, 0.3) is 0 Å². The Balaban J connectivity index is 2.65. The second-order valence-electron chi connectivity index (χ2n) is 3.11. The Morgan fingerprint density at radius 3 is 2.36 bits per heavy atom. The fourth-order valence-electron chi connectivity index (χ4n) is 1.26. The van der Waals surface area contributed by atoms with Crippen molar-refractivity contribution < 1.29 is 14.3 Å². The molecule has 1 aliphatic carbocycles. The van der Waals surface area contributed by atoms with E-state index in [4.69, 9.17) is 10.8 Å². The predicted octanol–water partition coefficient (Wildman–Crippen LogP) is 0.538. The zero-order chi connectivity index (χ0) is 8.48. The summed E-state index contributed by atoms with van der Waals surface area (Å²) < 4.78 is 12.3. The Labute approximate surface area is 64.4 Å². The highest BCUT2D eigenvalue weighted by Gasteiger charge is 2.45. The summed E-state index contributed by atoms with van der Waals surface area (Å²) in [5.41, 5.74) is 3.76. The van der Waals surface area contributed by atoms with Crippen LogP contribution in [0.1, 0.15) is 19.3 Å². The van der Waals surface area contributed by atoms with Crippen LogP contribution in [0.2, 0.25) is 0 Å². The average Bonchev–Trinajstić information content (AvgIpc) is 1.83. The zero-order valence-electron chi connectivity index (χ0n) is 6.22. The molecule has 3 N–H and O–H groups in total. The van der Waals surface area contributed by atoms with Crippen molar-refractivity contribution in [3.8, 4) is 0 Å². The maximum atomic E-state index is 12.3. The Morgan fingerprint density at radius 2 is 2.27 bits per heavy atom. The van der Waals surface area contributed by atoms with Gasteiger partial charge in [-0.2, -0.15) is 0 Å². The molecule has 3 nitrogen and oxygen atoms in total. The van der Waals surface area contributed by atoms with Crippen LogP contribution in [0, 0.1) is 5.92 Å². The predicted molar refractivity (Wildman–Crippen MR) is 37.9 cm³/mol. The van der Waals surface area contributed by atoms with E-state index in [-0.39, 0.29) is 5.92 Å². The lowest BCUT2D eigenvalue weighted by molar-refractivity contribution is -0.148. The summed E-state index contributed by atoms with van der Waals surface area (Å²) in [6.45, 7) is -0.965. The molecule has 0 amide bonds. The van der Waals surface area contributed by atoms with Gasteiger partial charge in [0.2, 0.25) is 0 Å². The highest BCUT2D eigenvalue weighted by atomic mass is 19.1. The number of hydrogen-bond acceptors (Lipinski definition) is 2. The third kappa shape index (κ3) is 1.22. The molecule has 4 heteroatoms. The Morgan fingerprint density at radius 1 is 1.73 bits per heavy atom. The van der Waals surface area contributed by atoms with Gasteiger partial charge in [-0.3, -0.25) is 4.79 Å². The first-order valence-corrected chi connectivity index (χ1v) is 3.69. The van der Waals surface area contributed by atoms with E-state index in [0.717, 1.165) is 19.3 Å². The van der Waals surface area contributed by atoms with Crippen LogP contribution in [0.4, 0.5) is 4.39 Å². The van der Waals surface area contributed by atoms with Crippen molar-refractivity contribution in [1.82, 2.24) is 0 Å². The number of aliphatic carboxylic acids is 1. The number of rotatable bonds is 3. The van der Waals surface area contributed by atoms with Crippen LogP contribution in [0.5, 0.6) is 0 Å². The first-order chi connectivity index (χ1) is 5.11. The van der Waals surface area contributed by atoms with Gasteiger partial charge >= 0.3 is 5.97 Å². The van der Waals surface area contributed by atoms with Crippen molar-refractivity contribution in [3.63, 3.8) is 0 Å². The van der Waals surface area contributed by atoms with E-state index in [0.29, 0.717) is 0 Å². The third-order valence-electron chi connectivity index (χ3n) is 2.45. The third-order valence-corrected chi connectivity index (χ3v) is 2.45. The molecule has 1 saturated carbocycles. The first kappa shape index (κ1) is 8.46. The van der Waals surface area contributed by atoms with Crippen LogP contribution in [0.15, 0.2) is 0 Å². The lowest BCUT2D eigenvalue weighted by Gasteiger charge is -2.37. The molecule has 0 aliphatic heterocycles. The Hall–Kier alpha value is -0.640. The van der Waals surface area contributed by atoms with Gasteiger partial charge in [0.25, 0.3) is 0 Å². The van der Waals surface area contributed by atoms with Gasteiger partial charge in [0.05, 0.1) is 0 Å². The van der Waals surface area contributed by atoms with Crippen LogP contribution in [-0.2, 0) is 4.79 Å². The summed E-state index contributed by atoms with van der Waals surface area (Å²) in [6, 6.07) is 0. The SMILES string of the molecule is NC(CF)(C(=O)O)C1CCC1. The van der Waals surface area contributed by atoms with E-state index in [9.17, 15) is 9.18 Å². The minimum Gasteiger partial charge on any atom is -0.480 e. The number of carbonyl (C=O) groups is 1. The molecular formula is C7H12FNO2. The molecule has 1 rings (SSSR count). The van der Waals surface area contributed by atoms with Crippen LogP contribution in [0.3, 0.4) is 0 Å². The zero-order valence-corrected chi connectivity index (χ0v) is 6.22. The van der Waals surface area contributed by atoms with Gasteiger partial charge in [-0.25, -0.2) is 4.39 Å². The summed E-state index contributed by atoms with van der Waals surface area (Å²) in [7, 11) is 0. The molecule has 0 radical (unpaired) electrons. The second-order valence-corrected chi connectivity index (χ2v) is 3.11. The van der Waals surface area contributed by atoms with E-state index in [2.05, 4.69) is 0 Å². The monoisotopic (exact) mass is 161 g/mol. The average molecular weight is 161 g/mol. The van der Waals surface area contributed by atoms with Gasteiger partial charge in [0, 0.05) is 0 Å². The fourth-order valence-corrected chi connectivity index (χ4v) is 1.26. The van der Waals surface area contributed by atoms with Gasteiger partial charge < -0.3 is 10.8 Å². The van der Waals surface area contributed by atoms with Crippen molar-refractivity contribution in [2.45, 2.75) is 24.8 Å². The number of carboxylic acid groups (broad SMARTS) is 1. The van der Waals surface area contributed by atoms with E-state index < -0.39 is 18.2 Å². The Kier molecular flexibility index (Phi) is 2.13. The molecule has 11 heavy (non-hydrogen) atoms. The van der Waals surface area contributed by atoms with Crippen LogP contribution < -0.4 is 5.73 Å². The number of nitrogens with two attached hydrogens (primary N) is 1. The minimum absolute atomic E-state index is 0.162. The molecular weight excluding hydrogens is 149 g/mol. The topological polar surface area (TPSA) is 63.3 Å².